The minimum atomic E-state index is -4.36. The number of phosphoric acid groups is 1. The van der Waals surface area contributed by atoms with Crippen LogP contribution in [0.4, 0.5) is 0 Å². The van der Waals surface area contributed by atoms with E-state index in [1.165, 1.54) is 308 Å². The first-order chi connectivity index (χ1) is 40.0. The van der Waals surface area contributed by atoms with Crippen molar-refractivity contribution in [1.82, 2.24) is 5.32 Å². The number of likely N-dealkylation sites (N-methyl/N-ethyl adjacent to an activating group) is 1. The monoisotopic (exact) mass is 1180 g/mol. The molecule has 0 aromatic rings. The fourth-order valence-electron chi connectivity index (χ4n) is 11.2. The maximum atomic E-state index is 13.1. The molecule has 0 saturated carbocycles. The van der Waals surface area contributed by atoms with Gasteiger partial charge in [0, 0.05) is 6.42 Å². The number of hydrogen-bond donors (Lipinski definition) is 3. The van der Waals surface area contributed by atoms with E-state index in [9.17, 15) is 19.4 Å². The molecule has 82 heavy (non-hydrogen) atoms. The molecule has 3 N–H and O–H groups in total. The van der Waals surface area contributed by atoms with Crippen LogP contribution in [0.5, 0.6) is 0 Å². The summed E-state index contributed by atoms with van der Waals surface area (Å²) in [7, 11) is 1.56. The maximum Gasteiger partial charge on any atom is 0.472 e. The lowest BCUT2D eigenvalue weighted by Crippen LogP contribution is -2.45. The predicted molar refractivity (Wildman–Crippen MR) is 360 cm³/mol. The Hall–Kier alpha value is -1.28. The summed E-state index contributed by atoms with van der Waals surface area (Å²) < 4.78 is 23.8. The van der Waals surface area contributed by atoms with Crippen molar-refractivity contribution in [3.05, 3.63) is 36.5 Å². The first-order valence-electron chi connectivity index (χ1n) is 36.4. The Morgan fingerprint density at radius 3 is 0.976 bits per heavy atom. The molecule has 0 aliphatic carbocycles. The van der Waals surface area contributed by atoms with Crippen LogP contribution in [0.25, 0.3) is 0 Å². The molecule has 9 heteroatoms. The molecule has 486 valence electrons. The third kappa shape index (κ3) is 66.2. The third-order valence-corrected chi connectivity index (χ3v) is 17.8. The van der Waals surface area contributed by atoms with Gasteiger partial charge in [-0.25, -0.2) is 4.57 Å². The number of carbonyl (C=O) groups is 1. The molecular formula is C73H144N2O6P+. The van der Waals surface area contributed by atoms with Crippen LogP contribution in [0.1, 0.15) is 373 Å². The number of phosphoric ester groups is 1. The van der Waals surface area contributed by atoms with Gasteiger partial charge in [0.15, 0.2) is 0 Å². The van der Waals surface area contributed by atoms with E-state index in [0.29, 0.717) is 17.4 Å². The van der Waals surface area contributed by atoms with Crippen LogP contribution in [-0.2, 0) is 18.4 Å². The predicted octanol–water partition coefficient (Wildman–Crippen LogP) is 23.2. The van der Waals surface area contributed by atoms with Crippen LogP contribution >= 0.6 is 7.82 Å². The second kappa shape index (κ2) is 64.2. The molecular weight excluding hydrogens is 1030 g/mol. The third-order valence-electron chi connectivity index (χ3n) is 16.8. The maximum absolute atomic E-state index is 13.1. The molecule has 3 atom stereocenters. The van der Waals surface area contributed by atoms with E-state index in [2.05, 4.69) is 43.5 Å². The highest BCUT2D eigenvalue weighted by molar-refractivity contribution is 7.47. The van der Waals surface area contributed by atoms with Crippen molar-refractivity contribution in [1.29, 1.82) is 0 Å². The molecule has 0 aromatic heterocycles. The van der Waals surface area contributed by atoms with Crippen molar-refractivity contribution in [2.75, 3.05) is 40.9 Å². The van der Waals surface area contributed by atoms with Crippen LogP contribution in [0.15, 0.2) is 36.5 Å². The summed E-state index contributed by atoms with van der Waals surface area (Å²) >= 11 is 0. The zero-order valence-corrected chi connectivity index (χ0v) is 56.7. The van der Waals surface area contributed by atoms with E-state index >= 15 is 0 Å². The number of carbonyl (C=O) groups excluding carboxylic acids is 1. The Balaban J connectivity index is 4.05. The highest BCUT2D eigenvalue weighted by Gasteiger charge is 2.28. The summed E-state index contributed by atoms with van der Waals surface area (Å²) in [5.74, 6) is -0.183. The Labute approximate surface area is 512 Å². The lowest BCUT2D eigenvalue weighted by atomic mass is 10.0. The minimum Gasteiger partial charge on any atom is -0.387 e. The molecule has 1 amide bonds. The second-order valence-electron chi connectivity index (χ2n) is 26.3. The van der Waals surface area contributed by atoms with Crippen LogP contribution in [-0.4, -0.2) is 73.4 Å². The molecule has 0 spiro atoms. The Morgan fingerprint density at radius 2 is 0.671 bits per heavy atom. The number of aliphatic hydroxyl groups is 1. The van der Waals surface area contributed by atoms with Gasteiger partial charge in [0.1, 0.15) is 13.2 Å². The average Bonchev–Trinajstić information content (AvgIpc) is 3.47. The fourth-order valence-corrected chi connectivity index (χ4v) is 11.9. The fraction of sp³-hybridized carbons (Fsp3) is 0.904. The van der Waals surface area contributed by atoms with Crippen molar-refractivity contribution < 1.29 is 32.9 Å². The normalized spacial score (nSPS) is 13.8. The number of unbranched alkanes of at least 4 members (excludes halogenated alkanes) is 51. The molecule has 8 nitrogen and oxygen atoms in total. The molecule has 0 fully saturated rings. The lowest BCUT2D eigenvalue weighted by molar-refractivity contribution is -0.870. The van der Waals surface area contributed by atoms with E-state index in [4.69, 9.17) is 9.05 Å². The molecule has 0 saturated heterocycles. The minimum absolute atomic E-state index is 0.0555. The number of allylic oxidation sites excluding steroid dienone is 5. The summed E-state index contributed by atoms with van der Waals surface area (Å²) in [6, 6.07) is -0.870. The zero-order chi connectivity index (χ0) is 59.8. The number of quaternary nitrogens is 1. The first-order valence-corrected chi connectivity index (χ1v) is 37.9. The zero-order valence-electron chi connectivity index (χ0n) is 55.8. The van der Waals surface area contributed by atoms with Crippen LogP contribution in [0.3, 0.4) is 0 Å². The van der Waals surface area contributed by atoms with Gasteiger partial charge in [-0.05, 0) is 44.9 Å². The molecule has 0 rings (SSSR count). The Morgan fingerprint density at radius 1 is 0.402 bits per heavy atom. The van der Waals surface area contributed by atoms with Crippen molar-refractivity contribution in [2.24, 2.45) is 0 Å². The number of aliphatic hydroxyl groups excluding tert-OH is 1. The highest BCUT2D eigenvalue weighted by Crippen LogP contribution is 2.43. The standard InChI is InChI=1S/C73H143N2O6P/c1-6-8-10-12-14-16-18-20-22-24-26-28-30-32-34-35-36-37-38-39-41-43-45-47-49-51-53-55-57-59-61-63-65-67-73(77)74-71(70-81-82(78,79)80-69-68-75(3,4)5)72(76)66-64-62-60-58-56-54-52-50-48-46-44-42-40-33-31-29-27-25-23-21-19-17-15-13-11-9-7-2/h48,50,56,58,64,66,71-72,76H,6-47,49,51-55,57,59-63,65,67-70H2,1-5H3,(H-,74,77,78,79)/p+1/b50-48+,58-56+,66-64+. The topological polar surface area (TPSA) is 105 Å². The SMILES string of the molecule is CCCCCCCCCCCCCCCCCCC/C=C/CC/C=C/CC/C=C/C(O)C(COP(=O)(O)OCC[N+](C)(C)C)NC(=O)CCCCCCCCCCCCCCCCCCCCCCCCCCCCCCCCCCC. The van der Waals surface area contributed by atoms with Crippen LogP contribution in [0, 0.1) is 0 Å². The van der Waals surface area contributed by atoms with Gasteiger partial charge in [-0.2, -0.15) is 0 Å². The summed E-state index contributed by atoms with van der Waals surface area (Å²) in [5, 5.41) is 14.0. The van der Waals surface area contributed by atoms with E-state index in [1.807, 2.05) is 27.2 Å². The molecule has 0 aromatic carbocycles. The van der Waals surface area contributed by atoms with Gasteiger partial charge in [0.25, 0.3) is 0 Å². The number of amides is 1. The van der Waals surface area contributed by atoms with Gasteiger partial charge in [0.2, 0.25) is 5.91 Å². The van der Waals surface area contributed by atoms with Crippen molar-refractivity contribution in [3.63, 3.8) is 0 Å². The molecule has 0 bridgehead atoms. The summed E-state index contributed by atoms with van der Waals surface area (Å²) in [4.78, 5) is 23.4. The van der Waals surface area contributed by atoms with E-state index in [1.54, 1.807) is 6.08 Å². The number of rotatable bonds is 68. The van der Waals surface area contributed by atoms with Crippen molar-refractivity contribution >= 4 is 13.7 Å². The summed E-state index contributed by atoms with van der Waals surface area (Å²) in [6.45, 7) is 4.85. The quantitative estimate of drug-likeness (QED) is 0.0243. The number of hydrogen-bond acceptors (Lipinski definition) is 5. The van der Waals surface area contributed by atoms with E-state index in [0.717, 1.165) is 44.9 Å². The van der Waals surface area contributed by atoms with Crippen LogP contribution in [0.2, 0.25) is 0 Å². The van der Waals surface area contributed by atoms with Gasteiger partial charge in [-0.15, -0.1) is 0 Å². The number of nitrogens with zero attached hydrogens (tertiary/aromatic N) is 1. The van der Waals surface area contributed by atoms with Gasteiger partial charge in [-0.1, -0.05) is 359 Å². The average molecular weight is 1180 g/mol. The van der Waals surface area contributed by atoms with Gasteiger partial charge in [0.05, 0.1) is 39.9 Å². The Kier molecular flexibility index (Phi) is 63.2. The second-order valence-corrected chi connectivity index (χ2v) is 27.8. The van der Waals surface area contributed by atoms with Crippen molar-refractivity contribution in [3.8, 4) is 0 Å². The molecule has 0 radical (unpaired) electrons. The van der Waals surface area contributed by atoms with Gasteiger partial charge in [-0.3, -0.25) is 13.8 Å². The lowest BCUT2D eigenvalue weighted by Gasteiger charge is -2.25. The highest BCUT2D eigenvalue weighted by atomic mass is 31.2. The van der Waals surface area contributed by atoms with Gasteiger partial charge >= 0.3 is 7.82 Å². The summed E-state index contributed by atoms with van der Waals surface area (Å²) in [5.41, 5.74) is 0. The molecule has 0 aliphatic rings. The van der Waals surface area contributed by atoms with Gasteiger partial charge < -0.3 is 19.8 Å². The first kappa shape index (κ1) is 80.7. The number of nitrogens with one attached hydrogen (secondary N) is 1. The molecule has 0 aliphatic heterocycles. The Bertz CT molecular complexity index is 1430. The molecule has 3 unspecified atom stereocenters. The largest absolute Gasteiger partial charge is 0.472 e. The smallest absolute Gasteiger partial charge is 0.387 e. The van der Waals surface area contributed by atoms with Crippen LogP contribution < -0.4 is 5.32 Å². The van der Waals surface area contributed by atoms with E-state index in [-0.39, 0.29) is 19.1 Å². The summed E-state index contributed by atoms with van der Waals surface area (Å²) in [6.07, 6.45) is 86.1. The molecule has 0 heterocycles. The van der Waals surface area contributed by atoms with E-state index < -0.39 is 20.0 Å². The van der Waals surface area contributed by atoms with Crippen molar-refractivity contribution in [2.45, 2.75) is 386 Å².